The topological polar surface area (TPSA) is 13.7 Å². The van der Waals surface area contributed by atoms with Crippen LogP contribution in [0.25, 0.3) is 38.9 Å². The summed E-state index contributed by atoms with van der Waals surface area (Å²) in [6.45, 7) is 0.968. The van der Waals surface area contributed by atoms with Gasteiger partial charge >= 0.3 is 0 Å². The Labute approximate surface area is 225 Å². The molecule has 2 fully saturated rings. The molecule has 1 aliphatic heterocycles. The molecule has 0 saturated heterocycles. The van der Waals surface area contributed by atoms with Crippen molar-refractivity contribution >= 4 is 21.8 Å². The average Bonchev–Trinajstić information content (AvgIpc) is 3.64. The maximum atomic E-state index is 2.71. The number of aryl methyl sites for hydroxylation is 1. The third kappa shape index (κ3) is 3.30. The monoisotopic (exact) mass is 500 g/mol. The first-order valence-corrected chi connectivity index (χ1v) is 15.0. The van der Waals surface area contributed by atoms with E-state index in [4.69, 9.17) is 0 Å². The van der Waals surface area contributed by atoms with Crippen molar-refractivity contribution in [2.24, 2.45) is 7.05 Å². The highest BCUT2D eigenvalue weighted by atomic mass is 15.2. The van der Waals surface area contributed by atoms with Crippen molar-refractivity contribution < 1.29 is 4.57 Å². The van der Waals surface area contributed by atoms with Gasteiger partial charge < -0.3 is 4.57 Å². The number of nitrogens with zero attached hydrogens (tertiary/aromatic N) is 3. The Kier molecular flexibility index (Phi) is 5.28. The summed E-state index contributed by atoms with van der Waals surface area (Å²) >= 11 is 0. The van der Waals surface area contributed by atoms with Crippen LogP contribution in [-0.2, 0) is 13.6 Å². The van der Waals surface area contributed by atoms with E-state index in [2.05, 4.69) is 87.7 Å². The Hall–Kier alpha value is -3.33. The van der Waals surface area contributed by atoms with Gasteiger partial charge in [0.25, 0.3) is 5.82 Å². The number of fused-ring (bicyclic) bond motifs is 6. The Balaban J connectivity index is 1.50. The second-order valence-corrected chi connectivity index (χ2v) is 12.2. The van der Waals surface area contributed by atoms with Gasteiger partial charge in [-0.1, -0.05) is 74.9 Å². The lowest BCUT2D eigenvalue weighted by Gasteiger charge is -2.28. The van der Waals surface area contributed by atoms with Crippen LogP contribution in [0.4, 0.5) is 0 Å². The van der Waals surface area contributed by atoms with Crippen LogP contribution in [0.1, 0.15) is 92.7 Å². The highest BCUT2D eigenvalue weighted by Gasteiger charge is 2.35. The molecule has 3 aliphatic rings. The van der Waals surface area contributed by atoms with E-state index in [0.29, 0.717) is 11.8 Å². The zero-order chi connectivity index (χ0) is 25.2. The number of hydrogen-bond acceptors (Lipinski definition) is 0. The number of rotatable bonds is 3. The molecule has 0 radical (unpaired) electrons. The summed E-state index contributed by atoms with van der Waals surface area (Å²) in [7, 11) is 2.31. The van der Waals surface area contributed by atoms with Gasteiger partial charge in [-0.15, -0.1) is 0 Å². The van der Waals surface area contributed by atoms with Gasteiger partial charge in [0.05, 0.1) is 16.5 Å². The first kappa shape index (κ1) is 22.6. The molecule has 3 heteroatoms. The first-order valence-electron chi connectivity index (χ1n) is 15.0. The summed E-state index contributed by atoms with van der Waals surface area (Å²) < 4.78 is 7.56. The van der Waals surface area contributed by atoms with Crippen molar-refractivity contribution in [1.82, 2.24) is 9.13 Å². The minimum absolute atomic E-state index is 0.643. The number of hydrogen-bond donors (Lipinski definition) is 0. The Morgan fingerprint density at radius 2 is 1.45 bits per heavy atom. The minimum Gasteiger partial charge on any atom is -0.343 e. The molecule has 3 nitrogen and oxygen atoms in total. The highest BCUT2D eigenvalue weighted by Crippen LogP contribution is 2.47. The fourth-order valence-electron chi connectivity index (χ4n) is 8.21. The Morgan fingerprint density at radius 1 is 0.763 bits per heavy atom. The van der Waals surface area contributed by atoms with Gasteiger partial charge in [0.2, 0.25) is 0 Å². The van der Waals surface area contributed by atoms with Gasteiger partial charge in [0.15, 0.2) is 0 Å². The van der Waals surface area contributed by atoms with Crippen LogP contribution < -0.4 is 4.57 Å². The van der Waals surface area contributed by atoms with Gasteiger partial charge in [0.1, 0.15) is 24.6 Å². The zero-order valence-corrected chi connectivity index (χ0v) is 22.6. The summed E-state index contributed by atoms with van der Waals surface area (Å²) in [6.07, 6.45) is 18.2. The average molecular weight is 501 g/mol. The summed E-state index contributed by atoms with van der Waals surface area (Å²) in [5.41, 5.74) is 10.3. The Bertz CT molecular complexity index is 1670. The smallest absolute Gasteiger partial charge is 0.294 e. The lowest BCUT2D eigenvalue weighted by molar-refractivity contribution is -0.671. The van der Waals surface area contributed by atoms with Crippen LogP contribution in [0, 0.1) is 0 Å². The largest absolute Gasteiger partial charge is 0.343 e. The molecule has 2 saturated carbocycles. The van der Waals surface area contributed by atoms with Crippen LogP contribution in [0.15, 0.2) is 67.0 Å². The van der Waals surface area contributed by atoms with Crippen molar-refractivity contribution in [3.63, 3.8) is 0 Å². The van der Waals surface area contributed by atoms with Crippen molar-refractivity contribution in [1.29, 1.82) is 0 Å². The molecule has 3 aromatic carbocycles. The predicted molar refractivity (Wildman–Crippen MR) is 156 cm³/mol. The molecule has 3 heterocycles. The standard InChI is InChI=1S/C35H38N3/c1-36-31-19-11-10-18-28(31)32-33(36)29(24-12-4-2-5-13-24)22-30(25-14-6-3-7-15-25)34(32)38-21-20-37-23-26-16-8-9-17-27(26)35(37)38/h8-11,16-22,24-25H,2-7,12-15,23H2,1H3/q+1. The number of para-hydroxylation sites is 1. The molecule has 38 heavy (non-hydrogen) atoms. The number of benzene rings is 3. The molecule has 0 N–H and O–H groups in total. The van der Waals surface area contributed by atoms with E-state index in [-0.39, 0.29) is 0 Å². The maximum absolute atomic E-state index is 2.71. The molecular weight excluding hydrogens is 462 g/mol. The second kappa shape index (κ2) is 8.86. The van der Waals surface area contributed by atoms with E-state index < -0.39 is 0 Å². The first-order chi connectivity index (χ1) is 18.8. The highest BCUT2D eigenvalue weighted by molar-refractivity contribution is 6.14. The molecule has 2 aliphatic carbocycles. The van der Waals surface area contributed by atoms with Crippen LogP contribution in [0.5, 0.6) is 0 Å². The van der Waals surface area contributed by atoms with Crippen molar-refractivity contribution in [2.75, 3.05) is 0 Å². The molecule has 0 spiro atoms. The fraction of sp³-hybridized carbons (Fsp3) is 0.400. The van der Waals surface area contributed by atoms with Crippen molar-refractivity contribution in [2.45, 2.75) is 82.6 Å². The number of aromatic nitrogens is 3. The lowest BCUT2D eigenvalue weighted by atomic mass is 9.78. The molecular formula is C35H38N3+. The molecule has 0 bridgehead atoms. The van der Waals surface area contributed by atoms with E-state index in [9.17, 15) is 0 Å². The van der Waals surface area contributed by atoms with Crippen LogP contribution in [0.2, 0.25) is 0 Å². The second-order valence-electron chi connectivity index (χ2n) is 12.2. The SMILES string of the molecule is Cn1c2ccccc2c2c(-n3cc[n+]4c3-c3ccccc3C4)c(C3CCCCC3)cc(C3CCCCC3)c21. The van der Waals surface area contributed by atoms with Gasteiger partial charge in [0, 0.05) is 29.1 Å². The van der Waals surface area contributed by atoms with Gasteiger partial charge in [-0.05, 0) is 61.3 Å². The van der Waals surface area contributed by atoms with Crippen LogP contribution in [0.3, 0.4) is 0 Å². The summed E-state index contributed by atoms with van der Waals surface area (Å²) in [5.74, 6) is 2.66. The van der Waals surface area contributed by atoms with Crippen LogP contribution >= 0.6 is 0 Å². The quantitative estimate of drug-likeness (QED) is 0.216. The normalized spacial score (nSPS) is 18.3. The van der Waals surface area contributed by atoms with Crippen molar-refractivity contribution in [3.05, 3.63) is 83.7 Å². The van der Waals surface area contributed by atoms with E-state index in [1.807, 2.05) is 0 Å². The van der Waals surface area contributed by atoms with E-state index in [1.165, 1.54) is 109 Å². The molecule has 2 aromatic heterocycles. The van der Waals surface area contributed by atoms with Gasteiger partial charge in [-0.25, -0.2) is 4.57 Å². The molecule has 192 valence electrons. The Morgan fingerprint density at radius 3 is 2.24 bits per heavy atom. The molecule has 0 unspecified atom stereocenters. The molecule has 5 aromatic rings. The minimum atomic E-state index is 0.643. The molecule has 0 amide bonds. The predicted octanol–water partition coefficient (Wildman–Crippen LogP) is 8.53. The number of imidazole rings is 1. The van der Waals surface area contributed by atoms with Crippen molar-refractivity contribution in [3.8, 4) is 17.1 Å². The van der Waals surface area contributed by atoms with Crippen LogP contribution in [-0.4, -0.2) is 9.13 Å². The fourth-order valence-corrected chi connectivity index (χ4v) is 8.21. The lowest BCUT2D eigenvalue weighted by Crippen LogP contribution is -2.30. The van der Waals surface area contributed by atoms with E-state index in [1.54, 1.807) is 11.1 Å². The van der Waals surface area contributed by atoms with Gasteiger partial charge in [-0.2, -0.15) is 4.57 Å². The molecule has 0 atom stereocenters. The van der Waals surface area contributed by atoms with E-state index in [0.717, 1.165) is 6.54 Å². The van der Waals surface area contributed by atoms with Gasteiger partial charge in [-0.3, -0.25) is 0 Å². The third-order valence-corrected chi connectivity index (χ3v) is 10.0. The third-order valence-electron chi connectivity index (χ3n) is 10.0. The maximum Gasteiger partial charge on any atom is 0.294 e. The summed E-state index contributed by atoms with van der Waals surface area (Å²) in [6, 6.07) is 20.9. The van der Waals surface area contributed by atoms with E-state index >= 15 is 0 Å². The summed E-state index contributed by atoms with van der Waals surface area (Å²) in [4.78, 5) is 0. The zero-order valence-electron chi connectivity index (χ0n) is 22.6. The molecule has 8 rings (SSSR count). The summed E-state index contributed by atoms with van der Waals surface area (Å²) in [5, 5.41) is 2.89.